The first-order valence-electron chi connectivity index (χ1n) is 22.9. The number of ketones is 2. The third-order valence-corrected chi connectivity index (χ3v) is 16.4. The van der Waals surface area contributed by atoms with Crippen LogP contribution in [-0.2, 0) is 29.2 Å². The minimum Gasteiger partial charge on any atom is -0.507 e. The number of allylic oxidation sites excluding steroid dienone is 1. The summed E-state index contributed by atoms with van der Waals surface area (Å²) in [6, 6.07) is 9.09. The number of carbonyl (C=O) groups excluding carboxylic acids is 3. The molecule has 0 aliphatic heterocycles. The van der Waals surface area contributed by atoms with Crippen molar-refractivity contribution in [1.29, 1.82) is 0 Å². The topological polar surface area (TPSA) is 178 Å². The van der Waals surface area contributed by atoms with E-state index >= 15 is 0 Å². The predicted molar refractivity (Wildman–Crippen MR) is 238 cm³/mol. The Morgan fingerprint density at radius 2 is 1.50 bits per heavy atom. The van der Waals surface area contributed by atoms with Crippen molar-refractivity contribution in [3.05, 3.63) is 82.0 Å². The minimum atomic E-state index is -1.75. The maximum absolute atomic E-state index is 13.0. The number of esters is 1. The van der Waals surface area contributed by atoms with E-state index in [2.05, 4.69) is 6.07 Å². The zero-order valence-corrected chi connectivity index (χ0v) is 38.6. The molecule has 0 unspecified atom stereocenters. The first-order valence-corrected chi connectivity index (χ1v) is 22.9. The van der Waals surface area contributed by atoms with Crippen molar-refractivity contribution in [3.8, 4) is 17.2 Å². The van der Waals surface area contributed by atoms with Crippen LogP contribution in [0, 0.1) is 53.8 Å². The van der Waals surface area contributed by atoms with Gasteiger partial charge in [-0.15, -0.1) is 0 Å². The first kappa shape index (κ1) is 46.2. The van der Waals surface area contributed by atoms with Crippen molar-refractivity contribution >= 4 is 23.6 Å². The Balaban J connectivity index is 0.000000181. The van der Waals surface area contributed by atoms with E-state index in [4.69, 9.17) is 23.7 Å². The van der Waals surface area contributed by atoms with E-state index in [-0.39, 0.29) is 78.1 Å². The van der Waals surface area contributed by atoms with Crippen LogP contribution in [0.2, 0.25) is 0 Å². The molecular weight excluding hydrogens is 817 g/mol. The molecule has 0 saturated heterocycles. The van der Waals surface area contributed by atoms with Gasteiger partial charge in [-0.3, -0.25) is 14.4 Å². The van der Waals surface area contributed by atoms with Gasteiger partial charge < -0.3 is 44.1 Å². The number of aryl methyl sites for hydroxylation is 1. The second kappa shape index (κ2) is 16.8. The molecule has 4 bridgehead atoms. The number of fused-ring (bicyclic) bond motifs is 5. The Morgan fingerprint density at radius 3 is 2.09 bits per heavy atom. The van der Waals surface area contributed by atoms with E-state index in [9.17, 15) is 34.8 Å². The monoisotopic (exact) mass is 882 g/mol. The molecule has 0 amide bonds. The third-order valence-electron chi connectivity index (χ3n) is 16.4. The van der Waals surface area contributed by atoms with Gasteiger partial charge in [-0.05, 0) is 129 Å². The highest BCUT2D eigenvalue weighted by atomic mass is 16.7. The van der Waals surface area contributed by atoms with Crippen LogP contribution in [0.3, 0.4) is 0 Å². The maximum Gasteiger partial charge on any atom is 0.303 e. The molecular formula is C52H66O12. The zero-order valence-electron chi connectivity index (χ0n) is 38.6. The number of Topliss-reactive ketones (excluding diaryl/α,β-unsaturated/α-hetero) is 1. The number of ether oxygens (including phenoxy) is 5. The number of phenolic OH excluding ortho intramolecular Hbond substituents is 1. The molecule has 12 heteroatoms. The Kier molecular flexibility index (Phi) is 12.2. The SMILES string of the molecule is CC(=O)O[C@@]12C[C@@H](C)[C@@]3(O)[C@@H](C=C(CO)C[C@]4(O)C(=O)C(C)=C[C@@H]34)[C@@H]1C2(C)C.COCOc1cc(OCOC)c(C23CC4CC(CC(C4)C2)C3)cc1/C=C/C(=O)c1cc(C)ccc1O. The number of methoxy groups -OCH3 is 2. The van der Waals surface area contributed by atoms with E-state index in [0.717, 1.165) is 34.6 Å². The fraction of sp³-hybridized carbons (Fsp3) is 0.596. The summed E-state index contributed by atoms with van der Waals surface area (Å²) in [7, 11) is 3.20. The summed E-state index contributed by atoms with van der Waals surface area (Å²) >= 11 is 0. The summed E-state index contributed by atoms with van der Waals surface area (Å²) < 4.78 is 28.3. The van der Waals surface area contributed by atoms with Crippen molar-refractivity contribution < 1.29 is 58.5 Å². The fourth-order valence-corrected chi connectivity index (χ4v) is 14.0. The second-order valence-electron chi connectivity index (χ2n) is 20.8. The van der Waals surface area contributed by atoms with Crippen LogP contribution in [0.1, 0.15) is 113 Å². The van der Waals surface area contributed by atoms with Crippen molar-refractivity contribution in [3.63, 3.8) is 0 Å². The summed E-state index contributed by atoms with van der Waals surface area (Å²) in [5, 5.41) is 43.6. The van der Waals surface area contributed by atoms with E-state index in [1.165, 1.54) is 57.1 Å². The van der Waals surface area contributed by atoms with Crippen LogP contribution in [0.25, 0.3) is 6.08 Å². The van der Waals surface area contributed by atoms with Crippen molar-refractivity contribution in [2.45, 2.75) is 115 Å². The predicted octanol–water partition coefficient (Wildman–Crippen LogP) is 7.56. The molecule has 10 rings (SSSR count). The van der Waals surface area contributed by atoms with Crippen molar-refractivity contribution in [2.75, 3.05) is 34.4 Å². The molecule has 2 aromatic rings. The molecule has 8 aliphatic carbocycles. The van der Waals surface area contributed by atoms with Gasteiger partial charge >= 0.3 is 5.97 Å². The molecule has 7 atom stereocenters. The molecule has 6 saturated carbocycles. The lowest BCUT2D eigenvalue weighted by Crippen LogP contribution is -2.61. The average Bonchev–Trinajstić information content (AvgIpc) is 3.64. The van der Waals surface area contributed by atoms with Gasteiger partial charge in [0.05, 0.1) is 17.8 Å². The molecule has 0 radical (unpaired) electrons. The van der Waals surface area contributed by atoms with Gasteiger partial charge in [0.25, 0.3) is 0 Å². The van der Waals surface area contributed by atoms with Crippen LogP contribution in [-0.4, -0.2) is 89.2 Å². The van der Waals surface area contributed by atoms with Gasteiger partial charge in [0.1, 0.15) is 28.5 Å². The second-order valence-corrected chi connectivity index (χ2v) is 20.8. The van der Waals surface area contributed by atoms with Gasteiger partial charge in [-0.2, -0.15) is 0 Å². The maximum atomic E-state index is 13.0. The van der Waals surface area contributed by atoms with Gasteiger partial charge in [0.2, 0.25) is 0 Å². The van der Waals surface area contributed by atoms with Crippen LogP contribution >= 0.6 is 0 Å². The smallest absolute Gasteiger partial charge is 0.303 e. The van der Waals surface area contributed by atoms with Crippen molar-refractivity contribution in [1.82, 2.24) is 0 Å². The highest BCUT2D eigenvalue weighted by Gasteiger charge is 2.83. The largest absolute Gasteiger partial charge is 0.507 e. The lowest BCUT2D eigenvalue weighted by Gasteiger charge is -2.57. The Labute approximate surface area is 376 Å². The summed E-state index contributed by atoms with van der Waals surface area (Å²) in [5.41, 5.74) is 0.0773. The standard InChI is InChI=1S/C30H36O6.C22H30O6/c1-19-4-6-26(31)24(8-19)27(32)7-5-23-12-25(29(36-18-34-3)13-28(23)35-17-33-2)30-14-20-9-21(15-30)11-22(10-20)16-30;1-11-6-16-20(26,18(11)25)9-14(10-23)7-15-17-19(4,5)21(17,28-13(3)24)8-12(2)22(15,16)27/h4-8,12-13,20-22,31H,9-11,14-18H2,1-3H3;6-7,12,15-17,23,26-27H,8-10H2,1-5H3/b7-5+;/t;12-,15+,16-,17-,20-,21+,22-/m.1/s1. The molecule has 0 aromatic heterocycles. The molecule has 6 fully saturated rings. The van der Waals surface area contributed by atoms with Crippen molar-refractivity contribution in [2.24, 2.45) is 46.8 Å². The van der Waals surface area contributed by atoms with Gasteiger partial charge in [0.15, 0.2) is 25.2 Å². The summed E-state index contributed by atoms with van der Waals surface area (Å²) in [5.74, 6) is 0.992. The lowest BCUT2D eigenvalue weighted by atomic mass is 9.48. The normalized spacial score (nSPS) is 36.1. The molecule has 0 heterocycles. The third kappa shape index (κ3) is 7.55. The van der Waals surface area contributed by atoms with Gasteiger partial charge in [-0.1, -0.05) is 44.6 Å². The van der Waals surface area contributed by atoms with Crippen LogP contribution in [0.4, 0.5) is 0 Å². The highest BCUT2D eigenvalue weighted by molar-refractivity contribution is 6.09. The Bertz CT molecular complexity index is 2250. The molecule has 2 aromatic carbocycles. The number of carbonyl (C=O) groups is 3. The molecule has 4 N–H and O–H groups in total. The number of phenols is 1. The summed E-state index contributed by atoms with van der Waals surface area (Å²) in [4.78, 5) is 37.6. The summed E-state index contributed by atoms with van der Waals surface area (Å²) in [6.07, 6.45) is 14.9. The van der Waals surface area contributed by atoms with E-state index < -0.39 is 28.6 Å². The van der Waals surface area contributed by atoms with Gasteiger partial charge in [0, 0.05) is 67.9 Å². The molecule has 64 heavy (non-hydrogen) atoms. The van der Waals surface area contributed by atoms with E-state index in [1.54, 1.807) is 51.5 Å². The molecule has 0 spiro atoms. The number of hydrogen-bond acceptors (Lipinski definition) is 12. The first-order chi connectivity index (χ1) is 30.3. The van der Waals surface area contributed by atoms with Crippen LogP contribution in [0.5, 0.6) is 17.2 Å². The zero-order chi connectivity index (χ0) is 46.1. The average molecular weight is 883 g/mol. The molecule has 346 valence electrons. The molecule has 8 aliphatic rings. The number of hydrogen-bond donors (Lipinski definition) is 4. The number of aliphatic hydroxyl groups excluding tert-OH is 1. The van der Waals surface area contributed by atoms with Gasteiger partial charge in [-0.25, -0.2) is 0 Å². The van der Waals surface area contributed by atoms with E-state index in [0.29, 0.717) is 23.3 Å². The Morgan fingerprint density at radius 1 is 0.875 bits per heavy atom. The highest BCUT2D eigenvalue weighted by Crippen LogP contribution is 2.76. The fourth-order valence-electron chi connectivity index (χ4n) is 14.0. The Hall–Kier alpha value is -4.33. The van der Waals surface area contributed by atoms with E-state index in [1.807, 2.05) is 39.8 Å². The number of benzene rings is 2. The summed E-state index contributed by atoms with van der Waals surface area (Å²) in [6.45, 7) is 10.8. The minimum absolute atomic E-state index is 0.0000834. The quantitative estimate of drug-likeness (QED) is 0.0542. The number of rotatable bonds is 12. The molecule has 12 nitrogen and oxygen atoms in total. The lowest BCUT2D eigenvalue weighted by molar-refractivity contribution is -0.186. The van der Waals surface area contributed by atoms with Crippen LogP contribution in [0.15, 0.2) is 59.7 Å². The van der Waals surface area contributed by atoms with Crippen LogP contribution < -0.4 is 9.47 Å². The number of aromatic hydroxyl groups is 1. The number of aliphatic hydroxyl groups is 3.